The number of hydrogen-bond acceptors (Lipinski definition) is 2. The van der Waals surface area contributed by atoms with Gasteiger partial charge in [-0.25, -0.2) is 9.37 Å². The second-order valence-corrected chi connectivity index (χ2v) is 6.24. The molecule has 2 N–H and O–H groups in total. The Labute approximate surface area is 139 Å². The van der Waals surface area contributed by atoms with Gasteiger partial charge in [-0.2, -0.15) is 0 Å². The predicted molar refractivity (Wildman–Crippen MR) is 90.1 cm³/mol. The van der Waals surface area contributed by atoms with Crippen LogP contribution in [0.2, 0.25) is 0 Å². The van der Waals surface area contributed by atoms with Crippen molar-refractivity contribution in [2.75, 3.05) is 6.54 Å². The van der Waals surface area contributed by atoms with E-state index in [1.165, 1.54) is 12.1 Å². The van der Waals surface area contributed by atoms with Crippen molar-refractivity contribution < 1.29 is 9.18 Å². The summed E-state index contributed by atoms with van der Waals surface area (Å²) >= 11 is 0. The minimum Gasteiger partial charge on any atom is -0.355 e. The molecule has 122 valence electrons. The van der Waals surface area contributed by atoms with E-state index in [4.69, 9.17) is 0 Å². The Hall–Kier alpha value is -2.69. The quantitative estimate of drug-likeness (QED) is 0.758. The van der Waals surface area contributed by atoms with Crippen molar-refractivity contribution in [2.45, 2.75) is 18.8 Å². The molecule has 0 spiro atoms. The first-order valence-electron chi connectivity index (χ1n) is 8.17. The van der Waals surface area contributed by atoms with Crippen molar-refractivity contribution in [1.82, 2.24) is 15.3 Å². The Morgan fingerprint density at radius 1 is 1.21 bits per heavy atom. The molecular formula is C19H18FN3O. The van der Waals surface area contributed by atoms with Crippen molar-refractivity contribution in [1.29, 1.82) is 0 Å². The first-order valence-corrected chi connectivity index (χ1v) is 8.17. The molecule has 1 saturated carbocycles. The monoisotopic (exact) mass is 323 g/mol. The third-order valence-corrected chi connectivity index (χ3v) is 4.52. The minimum absolute atomic E-state index is 0.00568. The lowest BCUT2D eigenvalue weighted by atomic mass is 10.1. The average Bonchev–Trinajstić information content (AvgIpc) is 3.28. The molecule has 0 radical (unpaired) electrons. The van der Waals surface area contributed by atoms with Gasteiger partial charge in [0.2, 0.25) is 5.91 Å². The van der Waals surface area contributed by atoms with Crippen LogP contribution < -0.4 is 5.32 Å². The Balaban J connectivity index is 1.29. The molecule has 0 bridgehead atoms. The van der Waals surface area contributed by atoms with Crippen LogP contribution in [0.3, 0.4) is 0 Å². The number of aromatic amines is 1. The molecule has 5 heteroatoms. The number of imidazole rings is 1. The van der Waals surface area contributed by atoms with Crippen LogP contribution in [0.25, 0.3) is 11.0 Å². The maximum Gasteiger partial charge on any atom is 0.223 e. The van der Waals surface area contributed by atoms with Crippen LogP contribution >= 0.6 is 0 Å². The van der Waals surface area contributed by atoms with E-state index in [1.54, 1.807) is 12.1 Å². The fourth-order valence-electron chi connectivity index (χ4n) is 3.12. The lowest BCUT2D eigenvalue weighted by molar-refractivity contribution is -0.122. The van der Waals surface area contributed by atoms with Gasteiger partial charge in [0.15, 0.2) is 0 Å². The summed E-state index contributed by atoms with van der Waals surface area (Å²) in [5.41, 5.74) is 2.99. The molecule has 1 aliphatic rings. The van der Waals surface area contributed by atoms with Crippen molar-refractivity contribution in [3.8, 4) is 0 Å². The molecule has 2 aromatic carbocycles. The van der Waals surface area contributed by atoms with E-state index in [-0.39, 0.29) is 23.6 Å². The van der Waals surface area contributed by atoms with Crippen LogP contribution in [0.15, 0.2) is 48.5 Å². The number of carbonyl (C=O) groups excluding carboxylic acids is 1. The summed E-state index contributed by atoms with van der Waals surface area (Å²) in [5, 5.41) is 2.98. The third-order valence-electron chi connectivity index (χ3n) is 4.52. The van der Waals surface area contributed by atoms with Gasteiger partial charge < -0.3 is 10.3 Å². The molecule has 2 unspecified atom stereocenters. The molecule has 0 aliphatic heterocycles. The second-order valence-electron chi connectivity index (χ2n) is 6.24. The van der Waals surface area contributed by atoms with E-state index in [0.717, 1.165) is 28.8 Å². The number of nitrogens with zero attached hydrogens (tertiary/aromatic N) is 1. The Kier molecular flexibility index (Phi) is 3.76. The van der Waals surface area contributed by atoms with Gasteiger partial charge in [0, 0.05) is 18.9 Å². The molecule has 1 fully saturated rings. The average molecular weight is 323 g/mol. The van der Waals surface area contributed by atoms with Crippen molar-refractivity contribution in [3.05, 3.63) is 65.7 Å². The zero-order valence-electron chi connectivity index (χ0n) is 13.1. The lowest BCUT2D eigenvalue weighted by Gasteiger charge is -2.04. The molecule has 4 nitrogen and oxygen atoms in total. The molecule has 1 aliphatic carbocycles. The second kappa shape index (κ2) is 6.07. The summed E-state index contributed by atoms with van der Waals surface area (Å²) in [6.07, 6.45) is 1.51. The highest BCUT2D eigenvalue weighted by Crippen LogP contribution is 2.47. The van der Waals surface area contributed by atoms with Gasteiger partial charge in [0.25, 0.3) is 0 Å². The van der Waals surface area contributed by atoms with Gasteiger partial charge in [-0.3, -0.25) is 4.79 Å². The third kappa shape index (κ3) is 3.02. The summed E-state index contributed by atoms with van der Waals surface area (Å²) in [6, 6.07) is 14.3. The highest BCUT2D eigenvalue weighted by atomic mass is 19.1. The first kappa shape index (κ1) is 14.9. The van der Waals surface area contributed by atoms with E-state index >= 15 is 0 Å². The maximum absolute atomic E-state index is 12.9. The summed E-state index contributed by atoms with van der Waals surface area (Å²) in [5.74, 6) is 0.928. The summed E-state index contributed by atoms with van der Waals surface area (Å²) in [6.45, 7) is 0.561. The molecule has 1 heterocycles. The van der Waals surface area contributed by atoms with Gasteiger partial charge in [-0.05, 0) is 42.2 Å². The molecule has 4 rings (SSSR count). The Morgan fingerprint density at radius 2 is 2.00 bits per heavy atom. The maximum atomic E-state index is 12.9. The number of aromatic nitrogens is 2. The fourth-order valence-corrected chi connectivity index (χ4v) is 3.12. The van der Waals surface area contributed by atoms with Crippen LogP contribution in [-0.4, -0.2) is 22.4 Å². The number of hydrogen-bond donors (Lipinski definition) is 2. The van der Waals surface area contributed by atoms with E-state index in [1.807, 2.05) is 24.3 Å². The summed E-state index contributed by atoms with van der Waals surface area (Å²) in [7, 11) is 0. The number of H-pyrrole nitrogens is 1. The smallest absolute Gasteiger partial charge is 0.223 e. The Morgan fingerprint density at radius 3 is 2.79 bits per heavy atom. The Bertz CT molecular complexity index is 839. The van der Waals surface area contributed by atoms with Gasteiger partial charge >= 0.3 is 0 Å². The largest absolute Gasteiger partial charge is 0.355 e. The lowest BCUT2D eigenvalue weighted by Crippen LogP contribution is -2.27. The summed E-state index contributed by atoms with van der Waals surface area (Å²) < 4.78 is 12.9. The molecule has 0 saturated heterocycles. The molecule has 3 aromatic rings. The highest BCUT2D eigenvalue weighted by Gasteiger charge is 2.43. The normalized spacial score (nSPS) is 19.4. The van der Waals surface area contributed by atoms with E-state index < -0.39 is 0 Å². The fraction of sp³-hybridized carbons (Fsp3) is 0.263. The topological polar surface area (TPSA) is 57.8 Å². The van der Waals surface area contributed by atoms with Crippen LogP contribution in [0.5, 0.6) is 0 Å². The molecule has 1 amide bonds. The zero-order valence-corrected chi connectivity index (χ0v) is 13.1. The van der Waals surface area contributed by atoms with Gasteiger partial charge in [0.1, 0.15) is 11.6 Å². The number of rotatable bonds is 5. The highest BCUT2D eigenvalue weighted by molar-refractivity contribution is 5.82. The van der Waals surface area contributed by atoms with Gasteiger partial charge in [-0.1, -0.05) is 24.3 Å². The molecule has 2 atom stereocenters. The zero-order chi connectivity index (χ0) is 16.5. The van der Waals surface area contributed by atoms with Gasteiger partial charge in [0.05, 0.1) is 11.0 Å². The van der Waals surface area contributed by atoms with Crippen LogP contribution in [0, 0.1) is 11.7 Å². The molecular weight excluding hydrogens is 305 g/mol. The van der Waals surface area contributed by atoms with E-state index in [2.05, 4.69) is 15.3 Å². The van der Waals surface area contributed by atoms with E-state index in [0.29, 0.717) is 13.0 Å². The summed E-state index contributed by atoms with van der Waals surface area (Å²) in [4.78, 5) is 20.0. The van der Waals surface area contributed by atoms with Crippen LogP contribution in [0.4, 0.5) is 4.39 Å². The van der Waals surface area contributed by atoms with Gasteiger partial charge in [-0.15, -0.1) is 0 Å². The van der Waals surface area contributed by atoms with Crippen molar-refractivity contribution in [3.63, 3.8) is 0 Å². The van der Waals surface area contributed by atoms with E-state index in [9.17, 15) is 9.18 Å². The first-order chi connectivity index (χ1) is 11.7. The van der Waals surface area contributed by atoms with Crippen LogP contribution in [0.1, 0.15) is 23.7 Å². The van der Waals surface area contributed by atoms with Crippen LogP contribution in [-0.2, 0) is 11.2 Å². The number of para-hydroxylation sites is 2. The number of amides is 1. The number of carbonyl (C=O) groups is 1. The number of nitrogens with one attached hydrogen (secondary N) is 2. The number of fused-ring (bicyclic) bond motifs is 1. The van der Waals surface area contributed by atoms with Crippen molar-refractivity contribution in [2.24, 2.45) is 5.92 Å². The molecule has 24 heavy (non-hydrogen) atoms. The van der Waals surface area contributed by atoms with Crippen molar-refractivity contribution >= 4 is 16.9 Å². The predicted octanol–water partition coefficient (Wildman–Crippen LogP) is 3.16. The molecule has 1 aromatic heterocycles. The minimum atomic E-state index is -0.244. The standard InChI is InChI=1S/C19H18FN3O/c20-13-7-5-12(6-8-13)14-11-15(14)19(24)21-10-9-18-22-16-3-1-2-4-17(16)23-18/h1-8,14-15H,9-11H2,(H,21,24)(H,22,23). The number of halogens is 1. The SMILES string of the molecule is O=C(NCCc1nc2ccccc2[nH]1)C1CC1c1ccc(F)cc1. The number of benzene rings is 2.